The minimum atomic E-state index is -1.74. The Morgan fingerprint density at radius 3 is 2.69 bits per heavy atom. The van der Waals surface area contributed by atoms with E-state index in [1.54, 1.807) is 0 Å². The molecule has 0 saturated carbocycles. The van der Waals surface area contributed by atoms with Crippen molar-refractivity contribution in [1.29, 1.82) is 0 Å². The van der Waals surface area contributed by atoms with E-state index in [4.69, 9.17) is 5.73 Å². The number of nitrogens with zero attached hydrogens (tertiary/aromatic N) is 3. The molecule has 1 aliphatic heterocycles. The number of hydrogen-bond acceptors (Lipinski definition) is 5. The zero-order valence-electron chi connectivity index (χ0n) is 14.7. The van der Waals surface area contributed by atoms with Crippen molar-refractivity contribution in [2.24, 2.45) is 5.73 Å². The van der Waals surface area contributed by atoms with E-state index < -0.39 is 17.4 Å². The Labute approximate surface area is 150 Å². The van der Waals surface area contributed by atoms with Crippen LogP contribution in [0.2, 0.25) is 0 Å². The van der Waals surface area contributed by atoms with Gasteiger partial charge in [0.05, 0.1) is 18.4 Å². The molecular weight excluding hydrogens is 336 g/mol. The molecule has 1 fully saturated rings. The summed E-state index contributed by atoms with van der Waals surface area (Å²) < 4.78 is 1.44. The zero-order chi connectivity index (χ0) is 19.1. The van der Waals surface area contributed by atoms with E-state index in [0.717, 1.165) is 11.3 Å². The number of primary amides is 1. The molecule has 0 spiro atoms. The molecule has 1 saturated heterocycles. The molecule has 4 N–H and O–H groups in total. The van der Waals surface area contributed by atoms with Crippen LogP contribution in [0.3, 0.4) is 0 Å². The Bertz CT molecular complexity index is 861. The smallest absolute Gasteiger partial charge is 0.278 e. The molecule has 2 amide bonds. The largest absolute Gasteiger partial charge is 0.504 e. The lowest BCUT2D eigenvalue weighted by Gasteiger charge is -2.19. The molecule has 1 atom stereocenters. The molecule has 2 heterocycles. The van der Waals surface area contributed by atoms with Crippen molar-refractivity contribution < 1.29 is 19.8 Å². The minimum Gasteiger partial charge on any atom is -0.504 e. The molecule has 1 aliphatic rings. The van der Waals surface area contributed by atoms with Crippen LogP contribution in [-0.4, -0.2) is 55.4 Å². The van der Waals surface area contributed by atoms with Crippen LogP contribution >= 0.6 is 0 Å². The summed E-state index contributed by atoms with van der Waals surface area (Å²) >= 11 is 0. The molecule has 1 aromatic carbocycles. The third kappa shape index (κ3) is 3.15. The molecular formula is C18H22N4O4. The average Bonchev–Trinajstić information content (AvgIpc) is 3.19. The average molecular weight is 358 g/mol. The predicted molar refractivity (Wildman–Crippen MR) is 94.0 cm³/mol. The van der Waals surface area contributed by atoms with E-state index in [-0.39, 0.29) is 31.0 Å². The summed E-state index contributed by atoms with van der Waals surface area (Å²) in [6.07, 6.45) is 1.43. The molecule has 8 nitrogen and oxygen atoms in total. The molecule has 26 heavy (non-hydrogen) atoms. The molecule has 3 rings (SSSR count). The molecule has 0 unspecified atom stereocenters. The van der Waals surface area contributed by atoms with Crippen molar-refractivity contribution in [3.05, 3.63) is 41.7 Å². The maximum Gasteiger partial charge on any atom is 0.278 e. The third-order valence-electron chi connectivity index (χ3n) is 4.69. The monoisotopic (exact) mass is 358 g/mol. The van der Waals surface area contributed by atoms with Crippen molar-refractivity contribution in [2.45, 2.75) is 31.8 Å². The number of β-amino-alcohol motifs (C(OH)–C–C–N with tert-alkyl or cyclic N) is 1. The topological polar surface area (TPSA) is 122 Å². The first-order valence-electron chi connectivity index (χ1n) is 8.42. The Hall–Kier alpha value is -2.87. The van der Waals surface area contributed by atoms with Crippen molar-refractivity contribution in [3.8, 4) is 11.4 Å². The van der Waals surface area contributed by atoms with Gasteiger partial charge in [0.2, 0.25) is 0 Å². The highest BCUT2D eigenvalue weighted by Crippen LogP contribution is 2.26. The Balaban J connectivity index is 1.86. The summed E-state index contributed by atoms with van der Waals surface area (Å²) in [6.45, 7) is 4.09. The van der Waals surface area contributed by atoms with Crippen LogP contribution in [-0.2, 0) is 4.79 Å². The molecule has 0 bridgehead atoms. The van der Waals surface area contributed by atoms with Gasteiger partial charge in [-0.05, 0) is 23.6 Å². The van der Waals surface area contributed by atoms with Gasteiger partial charge in [-0.25, -0.2) is 4.68 Å². The summed E-state index contributed by atoms with van der Waals surface area (Å²) in [5.74, 6) is -1.36. The fourth-order valence-corrected chi connectivity index (χ4v) is 2.99. The van der Waals surface area contributed by atoms with Crippen LogP contribution in [0.25, 0.3) is 5.69 Å². The Kier molecular flexibility index (Phi) is 4.45. The summed E-state index contributed by atoms with van der Waals surface area (Å²) in [4.78, 5) is 25.2. The van der Waals surface area contributed by atoms with Crippen molar-refractivity contribution in [1.82, 2.24) is 14.7 Å². The van der Waals surface area contributed by atoms with Crippen LogP contribution in [0.15, 0.2) is 30.5 Å². The highest BCUT2D eigenvalue weighted by atomic mass is 16.3. The first-order valence-corrected chi connectivity index (χ1v) is 8.42. The van der Waals surface area contributed by atoms with Gasteiger partial charge in [0.1, 0.15) is 0 Å². The normalized spacial score (nSPS) is 19.9. The van der Waals surface area contributed by atoms with Crippen LogP contribution in [0.5, 0.6) is 5.75 Å². The lowest BCUT2D eigenvalue weighted by atomic mass is 10.0. The predicted octanol–water partition coefficient (Wildman–Crippen LogP) is 0.764. The maximum absolute atomic E-state index is 12.6. The number of nitrogens with two attached hydrogens (primary N) is 1. The van der Waals surface area contributed by atoms with Crippen molar-refractivity contribution in [3.63, 3.8) is 0 Å². The van der Waals surface area contributed by atoms with E-state index in [1.165, 1.54) is 15.8 Å². The first-order chi connectivity index (χ1) is 12.2. The third-order valence-corrected chi connectivity index (χ3v) is 4.69. The van der Waals surface area contributed by atoms with Crippen LogP contribution < -0.4 is 5.73 Å². The van der Waals surface area contributed by atoms with E-state index >= 15 is 0 Å². The van der Waals surface area contributed by atoms with E-state index in [1.807, 2.05) is 24.3 Å². The number of hydrogen-bond donors (Lipinski definition) is 3. The fraction of sp³-hybridized carbons (Fsp3) is 0.389. The summed E-state index contributed by atoms with van der Waals surface area (Å²) in [5, 5.41) is 24.5. The molecule has 1 aromatic heterocycles. The van der Waals surface area contributed by atoms with E-state index in [2.05, 4.69) is 18.9 Å². The van der Waals surface area contributed by atoms with Crippen LogP contribution in [0.4, 0.5) is 0 Å². The van der Waals surface area contributed by atoms with Crippen molar-refractivity contribution >= 4 is 11.8 Å². The second-order valence-corrected chi connectivity index (χ2v) is 6.93. The number of aliphatic hydroxyl groups is 1. The first kappa shape index (κ1) is 17.9. The summed E-state index contributed by atoms with van der Waals surface area (Å²) in [5.41, 5.74) is 5.15. The SMILES string of the molecule is CC(C)c1cccc(-n2cc(O)c(C(=O)N3CC[C@](O)(C(N)=O)C3)n2)c1. The van der Waals surface area contributed by atoms with Gasteiger partial charge in [0.25, 0.3) is 11.8 Å². The Morgan fingerprint density at radius 1 is 1.35 bits per heavy atom. The van der Waals surface area contributed by atoms with Gasteiger partial charge in [-0.2, -0.15) is 5.10 Å². The number of rotatable bonds is 4. The quantitative estimate of drug-likeness (QED) is 0.745. The second kappa shape index (κ2) is 6.45. The maximum atomic E-state index is 12.6. The number of carbonyl (C=O) groups is 2. The molecule has 138 valence electrons. The summed E-state index contributed by atoms with van der Waals surface area (Å²) in [6, 6.07) is 7.65. The molecule has 2 aromatic rings. The van der Waals surface area contributed by atoms with Crippen molar-refractivity contribution in [2.75, 3.05) is 13.1 Å². The van der Waals surface area contributed by atoms with Gasteiger partial charge in [-0.15, -0.1) is 0 Å². The number of aromatic hydroxyl groups is 1. The molecule has 8 heteroatoms. The summed E-state index contributed by atoms with van der Waals surface area (Å²) in [7, 11) is 0. The number of likely N-dealkylation sites (tertiary alicyclic amines) is 1. The zero-order valence-corrected chi connectivity index (χ0v) is 14.7. The highest BCUT2D eigenvalue weighted by molar-refractivity contribution is 5.96. The van der Waals surface area contributed by atoms with E-state index in [0.29, 0.717) is 5.92 Å². The fourth-order valence-electron chi connectivity index (χ4n) is 2.99. The van der Waals surface area contributed by atoms with Gasteiger partial charge >= 0.3 is 0 Å². The number of benzene rings is 1. The van der Waals surface area contributed by atoms with Gasteiger partial charge in [-0.1, -0.05) is 26.0 Å². The number of amides is 2. The Morgan fingerprint density at radius 2 is 2.08 bits per heavy atom. The minimum absolute atomic E-state index is 0.0615. The van der Waals surface area contributed by atoms with Gasteiger partial charge in [0.15, 0.2) is 17.0 Å². The second-order valence-electron chi connectivity index (χ2n) is 6.93. The standard InChI is InChI=1S/C18H22N4O4/c1-11(2)12-4-3-5-13(8-12)22-9-14(23)15(20-22)16(24)21-7-6-18(26,10-21)17(19)25/h3-5,8-9,11,23,26H,6-7,10H2,1-2H3,(H2,19,25)/t18-/m1/s1. The van der Waals surface area contributed by atoms with Gasteiger partial charge in [-0.3, -0.25) is 9.59 Å². The highest BCUT2D eigenvalue weighted by Gasteiger charge is 2.44. The lowest BCUT2D eigenvalue weighted by molar-refractivity contribution is -0.134. The lowest BCUT2D eigenvalue weighted by Crippen LogP contribution is -2.46. The van der Waals surface area contributed by atoms with Gasteiger partial charge in [0, 0.05) is 13.0 Å². The number of carbonyl (C=O) groups excluding carboxylic acids is 2. The van der Waals surface area contributed by atoms with E-state index in [9.17, 15) is 19.8 Å². The van der Waals surface area contributed by atoms with Crippen LogP contribution in [0, 0.1) is 0 Å². The molecule has 0 aliphatic carbocycles. The van der Waals surface area contributed by atoms with Gasteiger partial charge < -0.3 is 20.8 Å². The number of aromatic nitrogens is 2. The van der Waals surface area contributed by atoms with Crippen LogP contribution in [0.1, 0.15) is 42.2 Å². The molecule has 0 radical (unpaired) electrons.